The summed E-state index contributed by atoms with van der Waals surface area (Å²) in [6, 6.07) is 3.95. The Labute approximate surface area is 207 Å². The number of rotatable bonds is 8. The van der Waals surface area contributed by atoms with E-state index in [0.29, 0.717) is 19.0 Å². The lowest BCUT2D eigenvalue weighted by molar-refractivity contribution is 0.0448. The third kappa shape index (κ3) is 8.64. The summed E-state index contributed by atoms with van der Waals surface area (Å²) < 4.78 is 7.30. The van der Waals surface area contributed by atoms with E-state index >= 15 is 0 Å². The Balaban J connectivity index is 0.00000512. The number of guanidine groups is 1. The van der Waals surface area contributed by atoms with Gasteiger partial charge in [-0.2, -0.15) is 0 Å². The van der Waals surface area contributed by atoms with Gasteiger partial charge < -0.3 is 20.7 Å². The van der Waals surface area contributed by atoms with Gasteiger partial charge in [-0.1, -0.05) is 13.8 Å². The first-order valence-corrected chi connectivity index (χ1v) is 10.6. The van der Waals surface area contributed by atoms with Crippen LogP contribution in [0.3, 0.4) is 0 Å². The molecule has 0 saturated carbocycles. The third-order valence-corrected chi connectivity index (χ3v) is 4.98. The number of hydrogen-bond acceptors (Lipinski definition) is 5. The van der Waals surface area contributed by atoms with E-state index in [0.717, 1.165) is 24.2 Å². The molecule has 0 aliphatic carbocycles. The molecule has 0 aromatic carbocycles. The first-order chi connectivity index (χ1) is 14.7. The van der Waals surface area contributed by atoms with Gasteiger partial charge >= 0.3 is 6.09 Å². The summed E-state index contributed by atoms with van der Waals surface area (Å²) in [6.45, 7) is 10.8. The molecule has 0 unspecified atom stereocenters. The van der Waals surface area contributed by atoms with Crippen molar-refractivity contribution in [3.63, 3.8) is 0 Å². The minimum absolute atomic E-state index is 0. The lowest BCUT2D eigenvalue weighted by Gasteiger charge is -2.34. The molecule has 32 heavy (non-hydrogen) atoms. The predicted molar refractivity (Wildman–Crippen MR) is 138 cm³/mol. The van der Waals surface area contributed by atoms with Crippen molar-refractivity contribution in [1.29, 1.82) is 0 Å². The third-order valence-electron chi connectivity index (χ3n) is 4.98. The highest BCUT2D eigenvalue weighted by atomic mass is 127. The Morgan fingerprint density at radius 3 is 2.47 bits per heavy atom. The van der Waals surface area contributed by atoms with Crippen molar-refractivity contribution < 1.29 is 9.53 Å². The van der Waals surface area contributed by atoms with Crippen molar-refractivity contribution in [3.05, 3.63) is 42.6 Å². The van der Waals surface area contributed by atoms with E-state index in [9.17, 15) is 4.79 Å². The molecular formula is C22H36IN7O2. The van der Waals surface area contributed by atoms with E-state index in [1.54, 1.807) is 25.8 Å². The fourth-order valence-electron chi connectivity index (χ4n) is 3.01. The number of alkyl carbamates (subject to hydrolysis) is 1. The van der Waals surface area contributed by atoms with Gasteiger partial charge in [-0.15, -0.1) is 24.0 Å². The second kappa shape index (κ2) is 12.6. The standard InChI is InChI=1S/C22H35N7O2.HI/c1-7-22(8-2,28-20(30)31-21(3,4)5)15-27-19(23-6)26-14-17-9-10-25-18(13-17)29-12-11-24-16-29;/h9-13,16H,7-8,14-15H2,1-6H3,(H,28,30)(H2,23,26,27);1H. The molecule has 2 aromatic rings. The van der Waals surface area contributed by atoms with Crippen molar-refractivity contribution in [2.24, 2.45) is 4.99 Å². The van der Waals surface area contributed by atoms with Gasteiger partial charge in [0.15, 0.2) is 5.96 Å². The second-order valence-electron chi connectivity index (χ2n) is 8.39. The number of aliphatic imine (C=N–C) groups is 1. The van der Waals surface area contributed by atoms with E-state index in [2.05, 4.69) is 30.9 Å². The highest BCUT2D eigenvalue weighted by Gasteiger charge is 2.30. The number of aromatic nitrogens is 3. The molecule has 178 valence electrons. The molecule has 0 bridgehead atoms. The van der Waals surface area contributed by atoms with Crippen molar-refractivity contribution in [2.75, 3.05) is 13.6 Å². The smallest absolute Gasteiger partial charge is 0.408 e. The van der Waals surface area contributed by atoms with Gasteiger partial charge in [0.05, 0.1) is 5.54 Å². The summed E-state index contributed by atoms with van der Waals surface area (Å²) in [6.07, 6.45) is 8.16. The van der Waals surface area contributed by atoms with Crippen molar-refractivity contribution in [3.8, 4) is 5.82 Å². The number of pyridine rings is 1. The maximum Gasteiger partial charge on any atom is 0.408 e. The number of carbonyl (C=O) groups is 1. The van der Waals surface area contributed by atoms with E-state index < -0.39 is 17.2 Å². The maximum absolute atomic E-state index is 12.3. The quantitative estimate of drug-likeness (QED) is 0.260. The Morgan fingerprint density at radius 2 is 1.91 bits per heavy atom. The number of carbonyl (C=O) groups excluding carboxylic acids is 1. The van der Waals surface area contributed by atoms with Crippen LogP contribution in [0.5, 0.6) is 0 Å². The Bertz CT molecular complexity index is 859. The van der Waals surface area contributed by atoms with Gasteiger partial charge in [0.25, 0.3) is 0 Å². The van der Waals surface area contributed by atoms with Crippen molar-refractivity contribution in [2.45, 2.75) is 65.1 Å². The summed E-state index contributed by atoms with van der Waals surface area (Å²) in [4.78, 5) is 25.1. The minimum Gasteiger partial charge on any atom is -0.444 e. The number of nitrogens with zero attached hydrogens (tertiary/aromatic N) is 4. The van der Waals surface area contributed by atoms with Crippen LogP contribution in [0.2, 0.25) is 0 Å². The van der Waals surface area contributed by atoms with Gasteiger partial charge in [-0.3, -0.25) is 9.56 Å². The van der Waals surface area contributed by atoms with Gasteiger partial charge in [0.2, 0.25) is 0 Å². The minimum atomic E-state index is -0.539. The molecule has 10 heteroatoms. The average Bonchev–Trinajstić information content (AvgIpc) is 3.27. The van der Waals surface area contributed by atoms with Crippen LogP contribution in [-0.4, -0.2) is 51.3 Å². The Hall–Kier alpha value is -2.37. The average molecular weight is 557 g/mol. The van der Waals surface area contributed by atoms with Crippen LogP contribution >= 0.6 is 24.0 Å². The number of halogens is 1. The topological polar surface area (TPSA) is 105 Å². The van der Waals surface area contributed by atoms with Gasteiger partial charge in [-0.05, 0) is 51.3 Å². The van der Waals surface area contributed by atoms with Crippen LogP contribution in [0, 0.1) is 0 Å². The van der Waals surface area contributed by atoms with Gasteiger partial charge in [0, 0.05) is 38.7 Å². The molecule has 0 atom stereocenters. The first kappa shape index (κ1) is 27.7. The van der Waals surface area contributed by atoms with Crippen LogP contribution in [0.4, 0.5) is 4.79 Å². The number of ether oxygens (including phenoxy) is 1. The lowest BCUT2D eigenvalue weighted by Crippen LogP contribution is -2.57. The zero-order valence-electron chi connectivity index (χ0n) is 19.8. The molecule has 0 aliphatic heterocycles. The van der Waals surface area contributed by atoms with E-state index in [4.69, 9.17) is 4.74 Å². The lowest BCUT2D eigenvalue weighted by atomic mass is 9.93. The van der Waals surface area contributed by atoms with Crippen molar-refractivity contribution >= 4 is 36.0 Å². The summed E-state index contributed by atoms with van der Waals surface area (Å²) in [5, 5.41) is 9.68. The SMILES string of the molecule is CCC(CC)(CNC(=NC)NCc1ccnc(-n2ccnc2)c1)NC(=O)OC(C)(C)C.I. The number of imidazole rings is 1. The predicted octanol–water partition coefficient (Wildman–Crippen LogP) is 3.63. The molecule has 0 saturated heterocycles. The van der Waals surface area contributed by atoms with E-state index in [1.165, 1.54) is 0 Å². The van der Waals surface area contributed by atoms with Crippen LogP contribution in [0.25, 0.3) is 5.82 Å². The largest absolute Gasteiger partial charge is 0.444 e. The van der Waals surface area contributed by atoms with Crippen LogP contribution in [0.15, 0.2) is 42.0 Å². The zero-order chi connectivity index (χ0) is 22.9. The van der Waals surface area contributed by atoms with Gasteiger partial charge in [0.1, 0.15) is 17.7 Å². The molecule has 1 amide bonds. The van der Waals surface area contributed by atoms with E-state index in [-0.39, 0.29) is 24.0 Å². The van der Waals surface area contributed by atoms with Crippen LogP contribution < -0.4 is 16.0 Å². The summed E-state index contributed by atoms with van der Waals surface area (Å²) >= 11 is 0. The molecule has 2 rings (SSSR count). The molecule has 2 heterocycles. The normalized spacial score (nSPS) is 12.0. The molecule has 0 radical (unpaired) electrons. The molecule has 2 aromatic heterocycles. The fraction of sp³-hybridized carbons (Fsp3) is 0.545. The summed E-state index contributed by atoms with van der Waals surface area (Å²) in [5.41, 5.74) is 0.0824. The van der Waals surface area contributed by atoms with Crippen molar-refractivity contribution in [1.82, 2.24) is 30.5 Å². The fourth-order valence-corrected chi connectivity index (χ4v) is 3.01. The molecule has 0 aliphatic rings. The first-order valence-electron chi connectivity index (χ1n) is 10.6. The molecule has 9 nitrogen and oxygen atoms in total. The van der Waals surface area contributed by atoms with E-state index in [1.807, 2.05) is 57.5 Å². The Morgan fingerprint density at radius 1 is 1.19 bits per heavy atom. The van der Waals surface area contributed by atoms with Gasteiger partial charge in [-0.25, -0.2) is 14.8 Å². The number of nitrogens with one attached hydrogen (secondary N) is 3. The monoisotopic (exact) mass is 557 g/mol. The number of amides is 1. The maximum atomic E-state index is 12.3. The molecule has 0 fully saturated rings. The highest BCUT2D eigenvalue weighted by molar-refractivity contribution is 14.0. The second-order valence-corrected chi connectivity index (χ2v) is 8.39. The van der Waals surface area contributed by atoms with Crippen LogP contribution in [0.1, 0.15) is 53.0 Å². The molecular weight excluding hydrogens is 521 g/mol. The van der Waals surface area contributed by atoms with Crippen LogP contribution in [-0.2, 0) is 11.3 Å². The molecule has 0 spiro atoms. The zero-order valence-corrected chi connectivity index (χ0v) is 22.1. The summed E-state index contributed by atoms with van der Waals surface area (Å²) in [7, 11) is 1.72. The highest BCUT2D eigenvalue weighted by Crippen LogP contribution is 2.16. The number of hydrogen-bond donors (Lipinski definition) is 3. The Kier molecular flexibility index (Phi) is 10.9. The molecule has 3 N–H and O–H groups in total. The summed E-state index contributed by atoms with van der Waals surface area (Å²) in [5.74, 6) is 1.45.